The fourth-order valence-electron chi connectivity index (χ4n) is 2.55. The molecule has 0 saturated carbocycles. The van der Waals surface area contributed by atoms with Gasteiger partial charge in [-0.2, -0.15) is 5.10 Å². The van der Waals surface area contributed by atoms with E-state index < -0.39 is 5.91 Å². The molecule has 112 valence electrons. The predicted octanol–water partition coefficient (Wildman–Crippen LogP) is 2.11. The van der Waals surface area contributed by atoms with Crippen LogP contribution in [0.3, 0.4) is 0 Å². The molecule has 6 heteroatoms. The molecule has 2 heterocycles. The van der Waals surface area contributed by atoms with Gasteiger partial charge in [0.2, 0.25) is 0 Å². The number of aromatic hydroxyl groups is 1. The highest BCUT2D eigenvalue weighted by Gasteiger charge is 2.21. The summed E-state index contributed by atoms with van der Waals surface area (Å²) < 4.78 is 1.91. The normalized spacial score (nSPS) is 12.2. The molecule has 0 unspecified atom stereocenters. The van der Waals surface area contributed by atoms with Gasteiger partial charge in [0, 0.05) is 24.0 Å². The molecule has 0 bridgehead atoms. The van der Waals surface area contributed by atoms with E-state index in [0.29, 0.717) is 0 Å². The van der Waals surface area contributed by atoms with Gasteiger partial charge in [0.25, 0.3) is 5.91 Å². The summed E-state index contributed by atoms with van der Waals surface area (Å²) in [5, 5.41) is 17.0. The van der Waals surface area contributed by atoms with Crippen LogP contribution in [0.1, 0.15) is 47.3 Å². The van der Waals surface area contributed by atoms with Gasteiger partial charge in [-0.15, -0.1) is 0 Å². The molecule has 0 aliphatic heterocycles. The van der Waals surface area contributed by atoms with Gasteiger partial charge in [0.1, 0.15) is 5.75 Å². The maximum Gasteiger partial charge on any atom is 0.274 e. The summed E-state index contributed by atoms with van der Waals surface area (Å²) in [7, 11) is 0. The fraction of sp³-hybridized carbons (Fsp3) is 0.400. The molecule has 0 aliphatic carbocycles. The first-order valence-electron chi connectivity index (χ1n) is 6.94. The summed E-state index contributed by atoms with van der Waals surface area (Å²) in [4.78, 5) is 16.1. The third-order valence-corrected chi connectivity index (χ3v) is 3.52. The van der Waals surface area contributed by atoms with Crippen molar-refractivity contribution >= 4 is 5.91 Å². The number of carbonyl (C=O) groups excluding carboxylic acids is 1. The molecule has 0 saturated heterocycles. The monoisotopic (exact) mass is 288 g/mol. The van der Waals surface area contributed by atoms with E-state index in [2.05, 4.69) is 15.4 Å². The lowest BCUT2D eigenvalue weighted by Gasteiger charge is -2.15. The van der Waals surface area contributed by atoms with Crippen molar-refractivity contribution in [2.24, 2.45) is 0 Å². The number of aryl methyl sites for hydroxylation is 2. The van der Waals surface area contributed by atoms with E-state index in [4.69, 9.17) is 0 Å². The van der Waals surface area contributed by atoms with E-state index in [1.54, 1.807) is 6.07 Å². The predicted molar refractivity (Wildman–Crippen MR) is 79.2 cm³/mol. The van der Waals surface area contributed by atoms with Crippen LogP contribution in [0.25, 0.3) is 0 Å². The van der Waals surface area contributed by atoms with Crippen molar-refractivity contribution in [2.75, 3.05) is 0 Å². The minimum atomic E-state index is -0.399. The van der Waals surface area contributed by atoms with Gasteiger partial charge in [0.05, 0.1) is 11.7 Å². The van der Waals surface area contributed by atoms with Crippen LogP contribution in [0.5, 0.6) is 5.75 Å². The van der Waals surface area contributed by atoms with E-state index in [-0.39, 0.29) is 17.5 Å². The Kier molecular flexibility index (Phi) is 4.26. The molecule has 2 N–H and O–H groups in total. The molecule has 1 amide bonds. The summed E-state index contributed by atoms with van der Waals surface area (Å²) in [6, 6.07) is 2.81. The van der Waals surface area contributed by atoms with Crippen LogP contribution in [0.15, 0.2) is 18.3 Å². The van der Waals surface area contributed by atoms with Gasteiger partial charge in [-0.25, -0.2) is 4.98 Å². The second-order valence-electron chi connectivity index (χ2n) is 4.97. The SMILES string of the molecule is CCn1nc(C)c([C@H](C)NC(=O)c2ncccc2O)c1C. The highest BCUT2D eigenvalue weighted by Crippen LogP contribution is 2.22. The number of amides is 1. The van der Waals surface area contributed by atoms with E-state index in [9.17, 15) is 9.90 Å². The standard InChI is InChI=1S/C15H20N4O2/c1-5-19-11(4)13(10(3)18-19)9(2)17-15(21)14-12(20)7-6-8-16-14/h6-9,20H,5H2,1-4H3,(H,17,21)/t9-/m0/s1. The minimum absolute atomic E-state index is 0.0301. The van der Waals surface area contributed by atoms with E-state index in [1.165, 1.54) is 12.3 Å². The molecule has 6 nitrogen and oxygen atoms in total. The second-order valence-corrected chi connectivity index (χ2v) is 4.97. The molecule has 0 aromatic carbocycles. The Morgan fingerprint density at radius 3 is 2.76 bits per heavy atom. The van der Waals surface area contributed by atoms with Crippen molar-refractivity contribution in [2.45, 2.75) is 40.3 Å². The zero-order chi connectivity index (χ0) is 15.6. The molecule has 0 radical (unpaired) electrons. The maximum absolute atomic E-state index is 12.2. The molecule has 2 aromatic rings. The summed E-state index contributed by atoms with van der Waals surface area (Å²) in [6.07, 6.45) is 1.48. The van der Waals surface area contributed by atoms with Crippen molar-refractivity contribution in [1.82, 2.24) is 20.1 Å². The van der Waals surface area contributed by atoms with E-state index in [1.807, 2.05) is 32.4 Å². The molecule has 0 spiro atoms. The zero-order valence-electron chi connectivity index (χ0n) is 12.7. The minimum Gasteiger partial charge on any atom is -0.505 e. The summed E-state index contributed by atoms with van der Waals surface area (Å²) >= 11 is 0. The summed E-state index contributed by atoms with van der Waals surface area (Å²) in [5.41, 5.74) is 2.96. The molecule has 2 aromatic heterocycles. The van der Waals surface area contributed by atoms with Gasteiger partial charge in [-0.05, 0) is 39.8 Å². The first kappa shape index (κ1) is 15.0. The van der Waals surface area contributed by atoms with Gasteiger partial charge in [0.15, 0.2) is 5.69 Å². The molecular formula is C15H20N4O2. The van der Waals surface area contributed by atoms with E-state index >= 15 is 0 Å². The maximum atomic E-state index is 12.2. The van der Waals surface area contributed by atoms with Crippen LogP contribution in [-0.4, -0.2) is 25.8 Å². The van der Waals surface area contributed by atoms with Crippen LogP contribution in [-0.2, 0) is 6.54 Å². The number of carbonyl (C=O) groups is 1. The van der Waals surface area contributed by atoms with Gasteiger partial charge < -0.3 is 10.4 Å². The number of aromatic nitrogens is 3. The Hall–Kier alpha value is -2.37. The number of rotatable bonds is 4. The Labute approximate surface area is 123 Å². The van der Waals surface area contributed by atoms with Crippen molar-refractivity contribution in [3.63, 3.8) is 0 Å². The van der Waals surface area contributed by atoms with Crippen LogP contribution < -0.4 is 5.32 Å². The lowest BCUT2D eigenvalue weighted by molar-refractivity contribution is 0.0931. The van der Waals surface area contributed by atoms with E-state index in [0.717, 1.165) is 23.5 Å². The number of pyridine rings is 1. The molecule has 0 aliphatic rings. The van der Waals surface area contributed by atoms with Crippen molar-refractivity contribution in [1.29, 1.82) is 0 Å². The lowest BCUT2D eigenvalue weighted by Crippen LogP contribution is -2.28. The Morgan fingerprint density at radius 1 is 1.48 bits per heavy atom. The van der Waals surface area contributed by atoms with Crippen molar-refractivity contribution in [3.8, 4) is 5.75 Å². The third kappa shape index (κ3) is 2.89. The number of nitrogens with zero attached hydrogens (tertiary/aromatic N) is 3. The Balaban J connectivity index is 2.22. The van der Waals surface area contributed by atoms with Gasteiger partial charge in [-0.3, -0.25) is 9.48 Å². The summed E-state index contributed by atoms with van der Waals surface area (Å²) in [6.45, 7) is 8.62. The van der Waals surface area contributed by atoms with Crippen LogP contribution in [0, 0.1) is 13.8 Å². The van der Waals surface area contributed by atoms with Crippen molar-refractivity contribution < 1.29 is 9.90 Å². The van der Waals surface area contributed by atoms with Crippen LogP contribution >= 0.6 is 0 Å². The zero-order valence-corrected chi connectivity index (χ0v) is 12.7. The topological polar surface area (TPSA) is 80.0 Å². The molecule has 0 fully saturated rings. The van der Waals surface area contributed by atoms with Gasteiger partial charge in [-0.1, -0.05) is 0 Å². The number of hydrogen-bond acceptors (Lipinski definition) is 4. The third-order valence-electron chi connectivity index (χ3n) is 3.52. The Morgan fingerprint density at radius 2 is 2.19 bits per heavy atom. The number of nitrogens with one attached hydrogen (secondary N) is 1. The Bertz CT molecular complexity index is 664. The van der Waals surface area contributed by atoms with Crippen LogP contribution in [0.4, 0.5) is 0 Å². The first-order chi connectivity index (χ1) is 9.95. The van der Waals surface area contributed by atoms with Crippen molar-refractivity contribution in [3.05, 3.63) is 41.0 Å². The summed E-state index contributed by atoms with van der Waals surface area (Å²) in [5.74, 6) is -0.524. The average molecular weight is 288 g/mol. The lowest BCUT2D eigenvalue weighted by atomic mass is 10.1. The average Bonchev–Trinajstić information content (AvgIpc) is 2.73. The highest BCUT2D eigenvalue weighted by atomic mass is 16.3. The van der Waals surface area contributed by atoms with Gasteiger partial charge >= 0.3 is 0 Å². The number of hydrogen-bond donors (Lipinski definition) is 2. The molecule has 1 atom stereocenters. The first-order valence-corrected chi connectivity index (χ1v) is 6.94. The quantitative estimate of drug-likeness (QED) is 0.903. The smallest absolute Gasteiger partial charge is 0.274 e. The largest absolute Gasteiger partial charge is 0.505 e. The van der Waals surface area contributed by atoms with Crippen LogP contribution in [0.2, 0.25) is 0 Å². The molecular weight excluding hydrogens is 268 g/mol. The molecule has 2 rings (SSSR count). The fourth-order valence-corrected chi connectivity index (χ4v) is 2.55. The highest BCUT2D eigenvalue weighted by molar-refractivity contribution is 5.94. The second kappa shape index (κ2) is 5.95. The molecule has 21 heavy (non-hydrogen) atoms.